The molecule has 0 fully saturated rings. The van der Waals surface area contributed by atoms with E-state index >= 15 is 0 Å². The Morgan fingerprint density at radius 3 is 2.63 bits per heavy atom. The smallest absolute Gasteiger partial charge is 0.244 e. The lowest BCUT2D eigenvalue weighted by Crippen LogP contribution is -2.24. The maximum Gasteiger partial charge on any atom is 0.244 e. The summed E-state index contributed by atoms with van der Waals surface area (Å²) in [6, 6.07) is 7.64. The number of rotatable bonds is 8. The van der Waals surface area contributed by atoms with E-state index in [2.05, 4.69) is 12.2 Å². The first kappa shape index (κ1) is 15.2. The molecule has 0 aromatic heterocycles. The molecule has 0 aliphatic carbocycles. The molecule has 1 N–H and O–H groups in total. The minimum atomic E-state index is -0.122. The van der Waals surface area contributed by atoms with Gasteiger partial charge in [-0.2, -0.15) is 0 Å². The molecule has 1 amide bonds. The molecule has 1 rings (SSSR count). The van der Waals surface area contributed by atoms with Gasteiger partial charge in [0, 0.05) is 19.7 Å². The van der Waals surface area contributed by atoms with Crippen molar-refractivity contribution in [3.63, 3.8) is 0 Å². The number of carbonyl (C=O) groups is 1. The van der Waals surface area contributed by atoms with E-state index in [9.17, 15) is 4.79 Å². The highest BCUT2D eigenvalue weighted by atomic mass is 16.5. The summed E-state index contributed by atoms with van der Waals surface area (Å²) in [7, 11) is 1.60. The van der Waals surface area contributed by atoms with Crippen molar-refractivity contribution >= 4 is 12.0 Å². The molecule has 0 heterocycles. The van der Waals surface area contributed by atoms with Gasteiger partial charge >= 0.3 is 0 Å². The summed E-state index contributed by atoms with van der Waals surface area (Å²) in [6.45, 7) is 3.82. The molecule has 4 heteroatoms. The Morgan fingerprint density at radius 2 is 2.00 bits per heavy atom. The number of ether oxygens (including phenoxy) is 2. The zero-order valence-corrected chi connectivity index (χ0v) is 11.5. The Bertz CT molecular complexity index is 398. The van der Waals surface area contributed by atoms with Crippen molar-refractivity contribution < 1.29 is 14.3 Å². The highest BCUT2D eigenvalue weighted by molar-refractivity contribution is 5.91. The van der Waals surface area contributed by atoms with Crippen molar-refractivity contribution in [3.8, 4) is 5.75 Å². The quantitative estimate of drug-likeness (QED) is 0.578. The third-order valence-electron chi connectivity index (χ3n) is 2.39. The zero-order chi connectivity index (χ0) is 13.9. The topological polar surface area (TPSA) is 47.6 Å². The molecular formula is C15H21NO3. The molecule has 1 aromatic carbocycles. The lowest BCUT2D eigenvalue weighted by molar-refractivity contribution is -0.116. The molecule has 4 nitrogen and oxygen atoms in total. The monoisotopic (exact) mass is 263 g/mol. The molecule has 0 saturated carbocycles. The van der Waals surface area contributed by atoms with Gasteiger partial charge in [-0.1, -0.05) is 19.1 Å². The number of methoxy groups -OCH3 is 1. The van der Waals surface area contributed by atoms with Crippen LogP contribution in [0.15, 0.2) is 30.3 Å². The van der Waals surface area contributed by atoms with E-state index < -0.39 is 0 Å². The summed E-state index contributed by atoms with van der Waals surface area (Å²) in [5.74, 6) is 0.729. The SMILES string of the molecule is CCCOc1ccc(/C=C/C(=O)NCCOC)cc1. The molecule has 0 atom stereocenters. The zero-order valence-electron chi connectivity index (χ0n) is 11.5. The molecule has 0 aliphatic heterocycles. The van der Waals surface area contributed by atoms with E-state index in [4.69, 9.17) is 9.47 Å². The third-order valence-corrected chi connectivity index (χ3v) is 2.39. The standard InChI is InChI=1S/C15H21NO3/c1-3-11-19-14-7-4-13(5-8-14)6-9-15(17)16-10-12-18-2/h4-9H,3,10-12H2,1-2H3,(H,16,17)/b9-6+. The van der Waals surface area contributed by atoms with E-state index in [0.29, 0.717) is 13.2 Å². The van der Waals surface area contributed by atoms with E-state index in [-0.39, 0.29) is 5.91 Å². The number of carbonyl (C=O) groups excluding carboxylic acids is 1. The van der Waals surface area contributed by atoms with Crippen LogP contribution in [-0.4, -0.2) is 32.8 Å². The van der Waals surface area contributed by atoms with Crippen LogP contribution in [0.3, 0.4) is 0 Å². The Balaban J connectivity index is 2.41. The third kappa shape index (κ3) is 6.62. The summed E-state index contributed by atoms with van der Waals surface area (Å²) in [5, 5.41) is 2.72. The summed E-state index contributed by atoms with van der Waals surface area (Å²) in [6.07, 6.45) is 4.27. The normalized spacial score (nSPS) is 10.6. The molecule has 0 bridgehead atoms. The predicted octanol–water partition coefficient (Wildman–Crippen LogP) is 2.25. The molecule has 104 valence electrons. The molecule has 0 radical (unpaired) electrons. The van der Waals surface area contributed by atoms with Crippen LogP contribution in [0.25, 0.3) is 6.08 Å². The van der Waals surface area contributed by atoms with Crippen molar-refractivity contribution in [1.29, 1.82) is 0 Å². The van der Waals surface area contributed by atoms with Crippen LogP contribution in [0, 0.1) is 0 Å². The number of amides is 1. The van der Waals surface area contributed by atoms with Gasteiger partial charge < -0.3 is 14.8 Å². The van der Waals surface area contributed by atoms with Crippen LogP contribution in [-0.2, 0) is 9.53 Å². The molecular weight excluding hydrogens is 242 g/mol. The average molecular weight is 263 g/mol. The highest BCUT2D eigenvalue weighted by Crippen LogP contribution is 2.13. The number of hydrogen-bond donors (Lipinski definition) is 1. The van der Waals surface area contributed by atoms with Gasteiger partial charge in [-0.3, -0.25) is 4.79 Å². The second kappa shape index (κ2) is 9.16. The maximum absolute atomic E-state index is 11.4. The molecule has 0 unspecified atom stereocenters. The average Bonchev–Trinajstić information content (AvgIpc) is 2.44. The van der Waals surface area contributed by atoms with E-state index in [1.807, 2.05) is 24.3 Å². The van der Waals surface area contributed by atoms with Crippen LogP contribution in [0.5, 0.6) is 5.75 Å². The van der Waals surface area contributed by atoms with Crippen LogP contribution >= 0.6 is 0 Å². The van der Waals surface area contributed by atoms with Crippen molar-refractivity contribution in [1.82, 2.24) is 5.32 Å². The van der Waals surface area contributed by atoms with Gasteiger partial charge in [0.05, 0.1) is 13.2 Å². The summed E-state index contributed by atoms with van der Waals surface area (Å²) >= 11 is 0. The van der Waals surface area contributed by atoms with Gasteiger partial charge in [0.2, 0.25) is 5.91 Å². The fraction of sp³-hybridized carbons (Fsp3) is 0.400. The van der Waals surface area contributed by atoms with Gasteiger partial charge in [0.15, 0.2) is 0 Å². The summed E-state index contributed by atoms with van der Waals surface area (Å²) in [4.78, 5) is 11.4. The Hall–Kier alpha value is -1.81. The second-order valence-corrected chi connectivity index (χ2v) is 4.03. The minimum Gasteiger partial charge on any atom is -0.494 e. The minimum absolute atomic E-state index is 0.122. The molecule has 0 spiro atoms. The number of nitrogens with one attached hydrogen (secondary N) is 1. The summed E-state index contributed by atoms with van der Waals surface area (Å²) < 4.78 is 10.3. The fourth-order valence-corrected chi connectivity index (χ4v) is 1.40. The Labute approximate surface area is 114 Å². The first-order chi connectivity index (χ1) is 9.26. The van der Waals surface area contributed by atoms with Crippen LogP contribution in [0.1, 0.15) is 18.9 Å². The van der Waals surface area contributed by atoms with E-state index in [1.165, 1.54) is 6.08 Å². The fourth-order valence-electron chi connectivity index (χ4n) is 1.40. The Kier molecular flexibility index (Phi) is 7.35. The summed E-state index contributed by atoms with van der Waals surface area (Å²) in [5.41, 5.74) is 0.964. The van der Waals surface area contributed by atoms with E-state index in [0.717, 1.165) is 24.3 Å². The van der Waals surface area contributed by atoms with E-state index in [1.54, 1.807) is 13.2 Å². The first-order valence-electron chi connectivity index (χ1n) is 6.44. The van der Waals surface area contributed by atoms with Crippen LogP contribution in [0.4, 0.5) is 0 Å². The maximum atomic E-state index is 11.4. The van der Waals surface area contributed by atoms with Crippen molar-refractivity contribution in [3.05, 3.63) is 35.9 Å². The van der Waals surface area contributed by atoms with Crippen LogP contribution < -0.4 is 10.1 Å². The lowest BCUT2D eigenvalue weighted by atomic mass is 10.2. The van der Waals surface area contributed by atoms with Crippen molar-refractivity contribution in [2.24, 2.45) is 0 Å². The number of benzene rings is 1. The van der Waals surface area contributed by atoms with Gasteiger partial charge in [-0.05, 0) is 30.2 Å². The predicted molar refractivity (Wildman–Crippen MR) is 76.1 cm³/mol. The van der Waals surface area contributed by atoms with Gasteiger partial charge in [-0.15, -0.1) is 0 Å². The lowest BCUT2D eigenvalue weighted by Gasteiger charge is -2.04. The first-order valence-corrected chi connectivity index (χ1v) is 6.44. The van der Waals surface area contributed by atoms with Crippen LogP contribution in [0.2, 0.25) is 0 Å². The second-order valence-electron chi connectivity index (χ2n) is 4.03. The molecule has 1 aromatic rings. The van der Waals surface area contributed by atoms with Gasteiger partial charge in [-0.25, -0.2) is 0 Å². The Morgan fingerprint density at radius 1 is 1.26 bits per heavy atom. The van der Waals surface area contributed by atoms with Crippen molar-refractivity contribution in [2.75, 3.05) is 26.9 Å². The molecule has 0 saturated heterocycles. The van der Waals surface area contributed by atoms with Gasteiger partial charge in [0.1, 0.15) is 5.75 Å². The molecule has 0 aliphatic rings. The number of hydrogen-bond acceptors (Lipinski definition) is 3. The van der Waals surface area contributed by atoms with Gasteiger partial charge in [0.25, 0.3) is 0 Å². The van der Waals surface area contributed by atoms with Crippen molar-refractivity contribution in [2.45, 2.75) is 13.3 Å². The molecule has 19 heavy (non-hydrogen) atoms. The largest absolute Gasteiger partial charge is 0.494 e. The highest BCUT2D eigenvalue weighted by Gasteiger charge is 1.95.